The van der Waals surface area contributed by atoms with Gasteiger partial charge in [0.05, 0.1) is 0 Å². The standard InChI is InChI=1S/C11H13F4NO/c1-2-9(16)7-4-3-5-8(6-7)17-11(14,15)10(12)13/h3-6,9-10H,2,16H2,1H3/t9-/m1/s1. The van der Waals surface area contributed by atoms with Crippen LogP contribution in [0.25, 0.3) is 0 Å². The van der Waals surface area contributed by atoms with Gasteiger partial charge in [-0.25, -0.2) is 0 Å². The summed E-state index contributed by atoms with van der Waals surface area (Å²) in [6.45, 7) is 1.83. The van der Waals surface area contributed by atoms with E-state index < -0.39 is 12.5 Å². The summed E-state index contributed by atoms with van der Waals surface area (Å²) >= 11 is 0. The van der Waals surface area contributed by atoms with E-state index in [1.807, 2.05) is 6.92 Å². The van der Waals surface area contributed by atoms with Crippen molar-refractivity contribution in [2.24, 2.45) is 5.73 Å². The Morgan fingerprint density at radius 2 is 2.00 bits per heavy atom. The van der Waals surface area contributed by atoms with Gasteiger partial charge in [0.25, 0.3) is 0 Å². The molecule has 17 heavy (non-hydrogen) atoms. The first-order valence-corrected chi connectivity index (χ1v) is 5.07. The van der Waals surface area contributed by atoms with Crippen molar-refractivity contribution in [3.05, 3.63) is 29.8 Å². The van der Waals surface area contributed by atoms with Crippen molar-refractivity contribution >= 4 is 0 Å². The Morgan fingerprint density at radius 1 is 1.35 bits per heavy atom. The average molecular weight is 251 g/mol. The van der Waals surface area contributed by atoms with Gasteiger partial charge in [0.15, 0.2) is 0 Å². The minimum atomic E-state index is -4.49. The van der Waals surface area contributed by atoms with E-state index in [-0.39, 0.29) is 11.8 Å². The molecule has 1 atom stereocenters. The quantitative estimate of drug-likeness (QED) is 0.814. The molecule has 0 saturated carbocycles. The Balaban J connectivity index is 2.86. The molecule has 0 amide bonds. The molecule has 0 aliphatic heterocycles. The average Bonchev–Trinajstić information content (AvgIpc) is 2.27. The van der Waals surface area contributed by atoms with E-state index in [9.17, 15) is 17.6 Å². The highest BCUT2D eigenvalue weighted by atomic mass is 19.3. The van der Waals surface area contributed by atoms with E-state index in [2.05, 4.69) is 4.74 Å². The topological polar surface area (TPSA) is 35.2 Å². The van der Waals surface area contributed by atoms with Crippen molar-refractivity contribution in [3.63, 3.8) is 0 Å². The largest absolute Gasteiger partial charge is 0.461 e. The zero-order chi connectivity index (χ0) is 13.1. The van der Waals surface area contributed by atoms with E-state index in [0.717, 1.165) is 0 Å². The summed E-state index contributed by atoms with van der Waals surface area (Å²) in [6.07, 6.45) is -7.75. The Kier molecular flexibility index (Phi) is 4.34. The third-order valence-corrected chi connectivity index (χ3v) is 2.23. The van der Waals surface area contributed by atoms with Gasteiger partial charge >= 0.3 is 12.5 Å². The van der Waals surface area contributed by atoms with E-state index in [1.165, 1.54) is 18.2 Å². The first kappa shape index (κ1) is 13.8. The van der Waals surface area contributed by atoms with E-state index in [4.69, 9.17) is 5.73 Å². The molecule has 2 N–H and O–H groups in total. The number of hydrogen-bond donors (Lipinski definition) is 1. The van der Waals surface area contributed by atoms with Crippen molar-refractivity contribution in [1.29, 1.82) is 0 Å². The lowest BCUT2D eigenvalue weighted by atomic mass is 10.1. The Hall–Kier alpha value is -1.30. The van der Waals surface area contributed by atoms with Gasteiger partial charge < -0.3 is 10.5 Å². The van der Waals surface area contributed by atoms with Gasteiger partial charge in [0.1, 0.15) is 5.75 Å². The Bertz CT molecular complexity index is 370. The summed E-state index contributed by atoms with van der Waals surface area (Å²) in [5, 5.41) is 0. The first-order chi connectivity index (χ1) is 7.86. The maximum absolute atomic E-state index is 12.6. The molecule has 0 bridgehead atoms. The number of halogens is 4. The van der Waals surface area contributed by atoms with Gasteiger partial charge in [-0.05, 0) is 24.1 Å². The van der Waals surface area contributed by atoms with Crippen LogP contribution in [0, 0.1) is 0 Å². The minimum absolute atomic E-state index is 0.322. The molecule has 0 aromatic heterocycles. The fourth-order valence-corrected chi connectivity index (χ4v) is 1.25. The van der Waals surface area contributed by atoms with Crippen LogP contribution in [0.3, 0.4) is 0 Å². The normalized spacial score (nSPS) is 13.8. The highest BCUT2D eigenvalue weighted by molar-refractivity contribution is 5.30. The molecule has 1 aromatic rings. The number of hydrogen-bond acceptors (Lipinski definition) is 2. The number of benzene rings is 1. The summed E-state index contributed by atoms with van der Waals surface area (Å²) < 4.78 is 53.1. The second-order valence-electron chi connectivity index (χ2n) is 3.55. The lowest BCUT2D eigenvalue weighted by Gasteiger charge is -2.18. The second-order valence-corrected chi connectivity index (χ2v) is 3.55. The zero-order valence-corrected chi connectivity index (χ0v) is 9.17. The van der Waals surface area contributed by atoms with Crippen molar-refractivity contribution in [3.8, 4) is 5.75 Å². The van der Waals surface area contributed by atoms with Crippen LogP contribution < -0.4 is 10.5 Å². The van der Waals surface area contributed by atoms with E-state index in [1.54, 1.807) is 6.07 Å². The van der Waals surface area contributed by atoms with Crippen LogP contribution in [0.15, 0.2) is 24.3 Å². The molecule has 0 spiro atoms. The zero-order valence-electron chi connectivity index (χ0n) is 9.17. The smallest absolute Gasteiger partial charge is 0.428 e. The molecule has 0 aliphatic carbocycles. The Labute approximate surface area is 96.4 Å². The molecule has 0 unspecified atom stereocenters. The van der Waals surface area contributed by atoms with Gasteiger partial charge in [-0.3, -0.25) is 0 Å². The Morgan fingerprint density at radius 3 is 2.53 bits per heavy atom. The van der Waals surface area contributed by atoms with Crippen LogP contribution in [-0.4, -0.2) is 12.5 Å². The molecule has 1 aromatic carbocycles. The lowest BCUT2D eigenvalue weighted by Crippen LogP contribution is -2.33. The van der Waals surface area contributed by atoms with Crippen LogP contribution >= 0.6 is 0 Å². The third-order valence-electron chi connectivity index (χ3n) is 2.23. The fraction of sp³-hybridized carbons (Fsp3) is 0.455. The van der Waals surface area contributed by atoms with E-state index >= 15 is 0 Å². The highest BCUT2D eigenvalue weighted by Gasteiger charge is 2.43. The van der Waals surface area contributed by atoms with Crippen LogP contribution in [0.5, 0.6) is 5.75 Å². The molecular weight excluding hydrogens is 238 g/mol. The SMILES string of the molecule is CC[C@@H](N)c1cccc(OC(F)(F)C(F)F)c1. The molecular formula is C11H13F4NO. The van der Waals surface area contributed by atoms with Crippen LogP contribution in [0.4, 0.5) is 17.6 Å². The molecule has 96 valence electrons. The van der Waals surface area contributed by atoms with E-state index in [0.29, 0.717) is 12.0 Å². The number of rotatable bonds is 5. The van der Waals surface area contributed by atoms with Crippen molar-refractivity contribution in [2.75, 3.05) is 0 Å². The summed E-state index contributed by atoms with van der Waals surface area (Å²) in [5.74, 6) is -0.322. The van der Waals surface area contributed by atoms with Crippen molar-refractivity contribution < 1.29 is 22.3 Å². The number of ether oxygens (including phenoxy) is 1. The molecule has 1 rings (SSSR count). The van der Waals surface area contributed by atoms with Crippen LogP contribution in [-0.2, 0) is 0 Å². The van der Waals surface area contributed by atoms with Crippen molar-refractivity contribution in [2.45, 2.75) is 31.9 Å². The third kappa shape index (κ3) is 3.59. The molecule has 0 saturated heterocycles. The van der Waals surface area contributed by atoms with Gasteiger partial charge in [0.2, 0.25) is 0 Å². The summed E-state index contributed by atoms with van der Waals surface area (Å²) in [6, 6.07) is 5.15. The number of alkyl halides is 4. The molecule has 6 heteroatoms. The van der Waals surface area contributed by atoms with Gasteiger partial charge in [-0.1, -0.05) is 19.1 Å². The second kappa shape index (κ2) is 5.35. The number of nitrogens with two attached hydrogens (primary N) is 1. The summed E-state index contributed by atoms with van der Waals surface area (Å²) in [4.78, 5) is 0. The molecule has 0 heterocycles. The molecule has 0 radical (unpaired) electrons. The minimum Gasteiger partial charge on any atom is -0.428 e. The maximum Gasteiger partial charge on any atom is 0.461 e. The monoisotopic (exact) mass is 251 g/mol. The fourth-order valence-electron chi connectivity index (χ4n) is 1.25. The van der Waals surface area contributed by atoms with Gasteiger partial charge in [-0.15, -0.1) is 0 Å². The lowest BCUT2D eigenvalue weighted by molar-refractivity contribution is -0.253. The van der Waals surface area contributed by atoms with Crippen LogP contribution in [0.2, 0.25) is 0 Å². The van der Waals surface area contributed by atoms with Crippen LogP contribution in [0.1, 0.15) is 24.9 Å². The maximum atomic E-state index is 12.6. The predicted molar refractivity (Wildman–Crippen MR) is 55.2 cm³/mol. The summed E-state index contributed by atoms with van der Waals surface area (Å²) in [5.41, 5.74) is 6.26. The van der Waals surface area contributed by atoms with Crippen molar-refractivity contribution in [1.82, 2.24) is 0 Å². The molecule has 0 fully saturated rings. The highest BCUT2D eigenvalue weighted by Crippen LogP contribution is 2.29. The molecule has 0 aliphatic rings. The molecule has 2 nitrogen and oxygen atoms in total. The predicted octanol–water partition coefficient (Wildman–Crippen LogP) is 3.33. The first-order valence-electron chi connectivity index (χ1n) is 5.07. The van der Waals surface area contributed by atoms with Gasteiger partial charge in [-0.2, -0.15) is 17.6 Å². The van der Waals surface area contributed by atoms with Gasteiger partial charge in [0, 0.05) is 6.04 Å². The summed E-state index contributed by atoms with van der Waals surface area (Å²) in [7, 11) is 0.